The molecular weight excluding hydrogens is 426 g/mol. The summed E-state index contributed by atoms with van der Waals surface area (Å²) in [5.74, 6) is 1.74. The van der Waals surface area contributed by atoms with E-state index < -0.39 is 0 Å². The molecule has 0 saturated heterocycles. The molecule has 0 fully saturated rings. The van der Waals surface area contributed by atoms with E-state index in [0.717, 1.165) is 3.57 Å². The normalized spacial score (nSPS) is 11.6. The lowest BCUT2D eigenvalue weighted by atomic mass is 10.2. The van der Waals surface area contributed by atoms with Crippen LogP contribution in [0.5, 0.6) is 0 Å². The second-order valence-corrected chi connectivity index (χ2v) is 6.83. The standard InChI is InChI=1S/C17H10FIN2OS/c1-2-10-21-15-12(18)7-5-9-14(15)23-17(21)20-16(22)11-6-3-4-8-13(11)19/h1,3-9H,10H2. The first-order chi connectivity index (χ1) is 11.1. The summed E-state index contributed by atoms with van der Waals surface area (Å²) in [5.41, 5.74) is 0.892. The molecule has 0 radical (unpaired) electrons. The lowest BCUT2D eigenvalue weighted by molar-refractivity contribution is 0.0997. The fraction of sp³-hybridized carbons (Fsp3) is 0.0588. The first-order valence-corrected chi connectivity index (χ1v) is 8.56. The Kier molecular flexibility index (Phi) is 4.59. The highest BCUT2D eigenvalue weighted by atomic mass is 127. The molecule has 3 nitrogen and oxygen atoms in total. The lowest BCUT2D eigenvalue weighted by Crippen LogP contribution is -2.17. The van der Waals surface area contributed by atoms with E-state index in [1.807, 2.05) is 12.1 Å². The number of amides is 1. The molecule has 0 spiro atoms. The van der Waals surface area contributed by atoms with E-state index in [4.69, 9.17) is 6.42 Å². The summed E-state index contributed by atoms with van der Waals surface area (Å²) in [5, 5.41) is 0. The van der Waals surface area contributed by atoms with Gasteiger partial charge in [0.05, 0.1) is 22.3 Å². The van der Waals surface area contributed by atoms with Gasteiger partial charge in [-0.05, 0) is 46.9 Å². The van der Waals surface area contributed by atoms with Gasteiger partial charge in [-0.15, -0.1) is 6.42 Å². The van der Waals surface area contributed by atoms with E-state index in [2.05, 4.69) is 33.5 Å². The average molecular weight is 436 g/mol. The van der Waals surface area contributed by atoms with Gasteiger partial charge < -0.3 is 4.57 Å². The van der Waals surface area contributed by atoms with Gasteiger partial charge in [-0.1, -0.05) is 35.5 Å². The van der Waals surface area contributed by atoms with Gasteiger partial charge in [-0.3, -0.25) is 4.79 Å². The highest BCUT2D eigenvalue weighted by Crippen LogP contribution is 2.20. The number of halogens is 2. The molecule has 1 amide bonds. The number of hydrogen-bond acceptors (Lipinski definition) is 2. The van der Waals surface area contributed by atoms with Crippen molar-refractivity contribution in [2.75, 3.05) is 0 Å². The van der Waals surface area contributed by atoms with Crippen LogP contribution in [0.2, 0.25) is 0 Å². The van der Waals surface area contributed by atoms with Crippen LogP contribution in [-0.4, -0.2) is 10.5 Å². The molecular formula is C17H10FIN2OS. The maximum absolute atomic E-state index is 14.1. The van der Waals surface area contributed by atoms with Crippen molar-refractivity contribution in [3.05, 3.63) is 62.2 Å². The minimum absolute atomic E-state index is 0.152. The second-order valence-electron chi connectivity index (χ2n) is 4.66. The Balaban J connectivity index is 2.22. The van der Waals surface area contributed by atoms with E-state index in [1.165, 1.54) is 17.4 Å². The summed E-state index contributed by atoms with van der Waals surface area (Å²) in [7, 11) is 0. The monoisotopic (exact) mass is 436 g/mol. The van der Waals surface area contributed by atoms with E-state index >= 15 is 0 Å². The maximum atomic E-state index is 14.1. The van der Waals surface area contributed by atoms with E-state index in [0.29, 0.717) is 20.6 Å². The molecule has 0 N–H and O–H groups in total. The Morgan fingerprint density at radius 3 is 2.83 bits per heavy atom. The number of carbonyl (C=O) groups is 1. The summed E-state index contributed by atoms with van der Waals surface area (Å²) in [4.78, 5) is 17.0. The number of terminal acetylenes is 1. The Labute approximate surface area is 149 Å². The van der Waals surface area contributed by atoms with Gasteiger partial charge in [0, 0.05) is 3.57 Å². The van der Waals surface area contributed by atoms with Crippen LogP contribution in [0.3, 0.4) is 0 Å². The van der Waals surface area contributed by atoms with Gasteiger partial charge in [0.2, 0.25) is 0 Å². The Hall–Kier alpha value is -1.98. The van der Waals surface area contributed by atoms with Crippen molar-refractivity contribution in [3.63, 3.8) is 0 Å². The number of fused-ring (bicyclic) bond motifs is 1. The van der Waals surface area contributed by atoms with Crippen molar-refractivity contribution in [3.8, 4) is 12.3 Å². The van der Waals surface area contributed by atoms with E-state index in [9.17, 15) is 9.18 Å². The smallest absolute Gasteiger partial charge is 0.280 e. The van der Waals surface area contributed by atoms with Gasteiger partial charge in [0.1, 0.15) is 5.82 Å². The third-order valence-electron chi connectivity index (χ3n) is 3.20. The molecule has 0 atom stereocenters. The Morgan fingerprint density at radius 2 is 2.09 bits per heavy atom. The van der Waals surface area contributed by atoms with Gasteiger partial charge in [0.15, 0.2) is 4.80 Å². The minimum Gasteiger partial charge on any atom is -0.302 e. The van der Waals surface area contributed by atoms with Crippen LogP contribution in [0.25, 0.3) is 10.2 Å². The second kappa shape index (κ2) is 6.64. The molecule has 1 aromatic heterocycles. The third-order valence-corrected chi connectivity index (χ3v) is 5.19. The summed E-state index contributed by atoms with van der Waals surface area (Å²) < 4.78 is 17.2. The number of para-hydroxylation sites is 1. The molecule has 1 heterocycles. The van der Waals surface area contributed by atoms with Gasteiger partial charge in [-0.25, -0.2) is 4.39 Å². The maximum Gasteiger partial charge on any atom is 0.280 e. The highest BCUT2D eigenvalue weighted by molar-refractivity contribution is 14.1. The van der Waals surface area contributed by atoms with Crippen LogP contribution in [-0.2, 0) is 6.54 Å². The third kappa shape index (κ3) is 3.07. The number of rotatable bonds is 2. The topological polar surface area (TPSA) is 34.4 Å². The van der Waals surface area contributed by atoms with Gasteiger partial charge >= 0.3 is 0 Å². The summed E-state index contributed by atoms with van der Waals surface area (Å²) >= 11 is 3.33. The van der Waals surface area contributed by atoms with Crippen LogP contribution in [0.4, 0.5) is 4.39 Å². The first-order valence-electron chi connectivity index (χ1n) is 6.66. The quantitative estimate of drug-likeness (QED) is 0.445. The molecule has 0 bridgehead atoms. The Bertz CT molecular complexity index is 1010. The van der Waals surface area contributed by atoms with Crippen molar-refractivity contribution < 1.29 is 9.18 Å². The number of nitrogens with zero attached hydrogens (tertiary/aromatic N) is 2. The molecule has 23 heavy (non-hydrogen) atoms. The number of benzene rings is 2. The van der Waals surface area contributed by atoms with Crippen molar-refractivity contribution in [1.82, 2.24) is 4.57 Å². The fourth-order valence-corrected chi connectivity index (χ4v) is 3.85. The van der Waals surface area contributed by atoms with Crippen LogP contribution in [0.1, 0.15) is 10.4 Å². The van der Waals surface area contributed by atoms with Gasteiger partial charge in [0.25, 0.3) is 5.91 Å². The molecule has 0 saturated carbocycles. The fourth-order valence-electron chi connectivity index (χ4n) is 2.19. The van der Waals surface area contributed by atoms with Crippen molar-refractivity contribution in [2.24, 2.45) is 4.99 Å². The molecule has 114 valence electrons. The predicted molar refractivity (Wildman–Crippen MR) is 97.7 cm³/mol. The molecule has 2 aromatic carbocycles. The Morgan fingerprint density at radius 1 is 1.30 bits per heavy atom. The van der Waals surface area contributed by atoms with Crippen LogP contribution in [0.15, 0.2) is 47.5 Å². The number of aromatic nitrogens is 1. The van der Waals surface area contributed by atoms with Crippen LogP contribution in [0, 0.1) is 21.7 Å². The van der Waals surface area contributed by atoms with Crippen LogP contribution < -0.4 is 4.80 Å². The summed E-state index contributed by atoms with van der Waals surface area (Å²) in [6.45, 7) is 0.152. The molecule has 0 aliphatic carbocycles. The molecule has 6 heteroatoms. The number of hydrogen-bond donors (Lipinski definition) is 0. The van der Waals surface area contributed by atoms with Gasteiger partial charge in [-0.2, -0.15) is 4.99 Å². The zero-order chi connectivity index (χ0) is 16.4. The van der Waals surface area contributed by atoms with Crippen molar-refractivity contribution in [1.29, 1.82) is 0 Å². The zero-order valence-corrected chi connectivity index (χ0v) is 14.8. The van der Waals surface area contributed by atoms with Crippen molar-refractivity contribution in [2.45, 2.75) is 6.54 Å². The van der Waals surface area contributed by atoms with Crippen molar-refractivity contribution >= 4 is 50.1 Å². The molecule has 3 aromatic rings. The lowest BCUT2D eigenvalue weighted by Gasteiger charge is -2.01. The molecule has 0 aliphatic heterocycles. The molecule has 0 unspecified atom stereocenters. The van der Waals surface area contributed by atoms with E-state index in [-0.39, 0.29) is 18.3 Å². The molecule has 3 rings (SSSR count). The zero-order valence-electron chi connectivity index (χ0n) is 11.8. The average Bonchev–Trinajstić information content (AvgIpc) is 2.87. The summed E-state index contributed by atoms with van der Waals surface area (Å²) in [6, 6.07) is 12.0. The van der Waals surface area contributed by atoms with Crippen LogP contribution >= 0.6 is 33.9 Å². The summed E-state index contributed by atoms with van der Waals surface area (Å²) in [6.07, 6.45) is 5.38. The highest BCUT2D eigenvalue weighted by Gasteiger charge is 2.13. The minimum atomic E-state index is -0.378. The number of carbonyl (C=O) groups excluding carboxylic acids is 1. The van der Waals surface area contributed by atoms with E-state index in [1.54, 1.807) is 28.8 Å². The largest absolute Gasteiger partial charge is 0.302 e. The number of thiazole rings is 1. The predicted octanol–water partition coefficient (Wildman–Crippen LogP) is 3.82. The first kappa shape index (κ1) is 15.9. The SMILES string of the molecule is C#CCn1c(=NC(=O)c2ccccc2I)sc2cccc(F)c21. The molecule has 0 aliphatic rings.